The molecule has 2 unspecified atom stereocenters. The van der Waals surface area contributed by atoms with Crippen molar-refractivity contribution in [3.05, 3.63) is 28.0 Å². The van der Waals surface area contributed by atoms with Crippen molar-refractivity contribution in [1.82, 2.24) is 0 Å². The maximum absolute atomic E-state index is 13.0. The Kier molecular flexibility index (Phi) is 3.47. The van der Waals surface area contributed by atoms with Gasteiger partial charge in [-0.2, -0.15) is 0 Å². The molecule has 0 saturated heterocycles. The van der Waals surface area contributed by atoms with Gasteiger partial charge < -0.3 is 15.9 Å². The zero-order valence-electron chi connectivity index (χ0n) is 7.54. The minimum absolute atomic E-state index is 0.187. The smallest absolute Gasteiger partial charge is 0.166 e. The molecule has 0 aliphatic rings. The number of nitrogens with two attached hydrogens (primary N) is 1. The molecule has 14 heavy (non-hydrogen) atoms. The summed E-state index contributed by atoms with van der Waals surface area (Å²) in [7, 11) is 0. The Labute approximate surface area is 89.5 Å². The first-order valence-corrected chi connectivity index (χ1v) is 4.84. The molecule has 2 atom stereocenters. The van der Waals surface area contributed by atoms with E-state index in [1.165, 1.54) is 13.0 Å². The van der Waals surface area contributed by atoms with E-state index in [1.54, 1.807) is 0 Å². The van der Waals surface area contributed by atoms with Crippen LogP contribution in [0, 0.1) is 5.82 Å². The molecule has 0 saturated carbocycles. The number of halogens is 2. The van der Waals surface area contributed by atoms with E-state index in [1.807, 2.05) is 0 Å². The lowest BCUT2D eigenvalue weighted by Gasteiger charge is -2.16. The first-order chi connectivity index (χ1) is 6.43. The molecular formula is C9H11BrFNO2. The number of hydrogen-bond acceptors (Lipinski definition) is 3. The van der Waals surface area contributed by atoms with Gasteiger partial charge in [0.25, 0.3) is 0 Å². The maximum atomic E-state index is 13.0. The molecule has 1 rings (SSSR count). The molecule has 0 aliphatic heterocycles. The summed E-state index contributed by atoms with van der Waals surface area (Å²) >= 11 is 3.08. The van der Waals surface area contributed by atoms with Crippen LogP contribution in [-0.4, -0.2) is 16.3 Å². The van der Waals surface area contributed by atoms with E-state index in [0.717, 1.165) is 6.07 Å². The van der Waals surface area contributed by atoms with Crippen molar-refractivity contribution in [1.29, 1.82) is 0 Å². The average molecular weight is 264 g/mol. The number of benzene rings is 1. The Morgan fingerprint density at radius 2 is 2.07 bits per heavy atom. The number of rotatable bonds is 2. The number of hydrogen-bond donors (Lipinski definition) is 3. The molecule has 0 fully saturated rings. The van der Waals surface area contributed by atoms with Crippen molar-refractivity contribution in [2.75, 3.05) is 0 Å². The van der Waals surface area contributed by atoms with Crippen LogP contribution in [0.1, 0.15) is 18.5 Å². The number of phenolic OH excluding ortho intramolecular Hbond substituents is 1. The molecule has 3 nitrogen and oxygen atoms in total. The number of aliphatic hydroxyl groups excluding tert-OH is 1. The van der Waals surface area contributed by atoms with E-state index in [4.69, 9.17) is 5.73 Å². The summed E-state index contributed by atoms with van der Waals surface area (Å²) in [6.45, 7) is 1.48. The Hall–Kier alpha value is -0.650. The topological polar surface area (TPSA) is 66.5 Å². The highest BCUT2D eigenvalue weighted by atomic mass is 79.9. The fourth-order valence-electron chi connectivity index (χ4n) is 1.10. The van der Waals surface area contributed by atoms with Gasteiger partial charge in [-0.05, 0) is 19.1 Å². The van der Waals surface area contributed by atoms with E-state index < -0.39 is 23.7 Å². The highest BCUT2D eigenvalue weighted by Crippen LogP contribution is 2.30. The fraction of sp³-hybridized carbons (Fsp3) is 0.333. The van der Waals surface area contributed by atoms with Crippen molar-refractivity contribution in [3.63, 3.8) is 0 Å². The zero-order chi connectivity index (χ0) is 10.9. The molecule has 0 heterocycles. The summed E-state index contributed by atoms with van der Waals surface area (Å²) in [5, 5.41) is 18.6. The van der Waals surface area contributed by atoms with Crippen molar-refractivity contribution in [3.8, 4) is 5.75 Å². The van der Waals surface area contributed by atoms with Gasteiger partial charge in [-0.15, -0.1) is 0 Å². The van der Waals surface area contributed by atoms with Gasteiger partial charge in [-0.3, -0.25) is 0 Å². The molecule has 0 bridgehead atoms. The van der Waals surface area contributed by atoms with Crippen LogP contribution in [-0.2, 0) is 0 Å². The lowest BCUT2D eigenvalue weighted by molar-refractivity contribution is 0.162. The molecule has 5 heteroatoms. The Balaban J connectivity index is 3.20. The van der Waals surface area contributed by atoms with Crippen LogP contribution < -0.4 is 5.73 Å². The third kappa shape index (κ3) is 2.23. The normalized spacial score (nSPS) is 15.2. The molecular weight excluding hydrogens is 253 g/mol. The van der Waals surface area contributed by atoms with E-state index >= 15 is 0 Å². The fourth-order valence-corrected chi connectivity index (χ4v) is 1.55. The maximum Gasteiger partial charge on any atom is 0.166 e. The summed E-state index contributed by atoms with van der Waals surface area (Å²) in [5.41, 5.74) is 5.77. The lowest BCUT2D eigenvalue weighted by atomic mass is 10.0. The monoisotopic (exact) mass is 263 g/mol. The van der Waals surface area contributed by atoms with E-state index in [-0.39, 0.29) is 5.56 Å². The second-order valence-corrected chi connectivity index (χ2v) is 4.01. The second kappa shape index (κ2) is 4.25. The molecule has 0 amide bonds. The first kappa shape index (κ1) is 11.4. The standard InChI is InChI=1S/C9H11BrFNO2/c1-4(13)8(12)6-2-5(10)3-7(11)9(6)14/h2-4,8,13-14H,12H2,1H3. The highest BCUT2D eigenvalue weighted by molar-refractivity contribution is 9.10. The molecule has 1 aromatic rings. The SMILES string of the molecule is CC(O)C(N)c1cc(Br)cc(F)c1O. The molecule has 4 N–H and O–H groups in total. The Morgan fingerprint density at radius 1 is 1.50 bits per heavy atom. The number of aliphatic hydroxyl groups is 1. The predicted octanol–water partition coefficient (Wildman–Crippen LogP) is 1.67. The second-order valence-electron chi connectivity index (χ2n) is 3.09. The summed E-state index contributed by atoms with van der Waals surface area (Å²) < 4.78 is 13.5. The largest absolute Gasteiger partial charge is 0.505 e. The van der Waals surface area contributed by atoms with E-state index in [9.17, 15) is 14.6 Å². The van der Waals surface area contributed by atoms with Crippen molar-refractivity contribution >= 4 is 15.9 Å². The van der Waals surface area contributed by atoms with E-state index in [2.05, 4.69) is 15.9 Å². The highest BCUT2D eigenvalue weighted by Gasteiger charge is 2.19. The average Bonchev–Trinajstić information content (AvgIpc) is 2.09. The summed E-state index contributed by atoms with van der Waals surface area (Å²) in [5.74, 6) is -1.27. The lowest BCUT2D eigenvalue weighted by Crippen LogP contribution is -2.23. The van der Waals surface area contributed by atoms with Crippen molar-refractivity contribution < 1.29 is 14.6 Å². The third-order valence-electron chi connectivity index (χ3n) is 1.94. The zero-order valence-corrected chi connectivity index (χ0v) is 9.12. The van der Waals surface area contributed by atoms with Gasteiger partial charge in [0.1, 0.15) is 0 Å². The van der Waals surface area contributed by atoms with Gasteiger partial charge in [0, 0.05) is 10.0 Å². The predicted molar refractivity (Wildman–Crippen MR) is 54.4 cm³/mol. The Bertz CT molecular complexity index is 344. The van der Waals surface area contributed by atoms with Crippen LogP contribution in [0.4, 0.5) is 4.39 Å². The van der Waals surface area contributed by atoms with Gasteiger partial charge in [0.2, 0.25) is 0 Å². The molecule has 78 valence electrons. The van der Waals surface area contributed by atoms with Gasteiger partial charge in [0.15, 0.2) is 11.6 Å². The molecule has 0 aliphatic carbocycles. The van der Waals surface area contributed by atoms with Gasteiger partial charge in [0.05, 0.1) is 12.1 Å². The minimum Gasteiger partial charge on any atom is -0.505 e. The molecule has 0 aromatic heterocycles. The summed E-state index contributed by atoms with van der Waals surface area (Å²) in [4.78, 5) is 0. The molecule has 0 radical (unpaired) electrons. The van der Waals surface area contributed by atoms with Crippen molar-refractivity contribution in [2.45, 2.75) is 19.1 Å². The van der Waals surface area contributed by atoms with Crippen LogP contribution in [0.5, 0.6) is 5.75 Å². The van der Waals surface area contributed by atoms with Crippen LogP contribution in [0.25, 0.3) is 0 Å². The van der Waals surface area contributed by atoms with Crippen LogP contribution in [0.2, 0.25) is 0 Å². The van der Waals surface area contributed by atoms with Crippen LogP contribution >= 0.6 is 15.9 Å². The summed E-state index contributed by atoms with van der Waals surface area (Å²) in [6.07, 6.45) is -0.852. The molecule has 1 aromatic carbocycles. The minimum atomic E-state index is -0.852. The van der Waals surface area contributed by atoms with Crippen molar-refractivity contribution in [2.24, 2.45) is 5.73 Å². The quantitative estimate of drug-likeness (QED) is 0.761. The third-order valence-corrected chi connectivity index (χ3v) is 2.39. The summed E-state index contributed by atoms with van der Waals surface area (Å²) in [6, 6.07) is 1.81. The van der Waals surface area contributed by atoms with Gasteiger partial charge in [-0.1, -0.05) is 15.9 Å². The molecule has 0 spiro atoms. The van der Waals surface area contributed by atoms with Crippen LogP contribution in [0.3, 0.4) is 0 Å². The van der Waals surface area contributed by atoms with Gasteiger partial charge >= 0.3 is 0 Å². The van der Waals surface area contributed by atoms with Gasteiger partial charge in [-0.25, -0.2) is 4.39 Å². The van der Waals surface area contributed by atoms with E-state index in [0.29, 0.717) is 4.47 Å². The number of aromatic hydroxyl groups is 1. The number of phenols is 1. The van der Waals surface area contributed by atoms with Crippen LogP contribution in [0.15, 0.2) is 16.6 Å². The Morgan fingerprint density at radius 3 is 2.57 bits per heavy atom. The first-order valence-electron chi connectivity index (χ1n) is 4.05.